The summed E-state index contributed by atoms with van der Waals surface area (Å²) in [6.07, 6.45) is 10.9. The summed E-state index contributed by atoms with van der Waals surface area (Å²) >= 11 is 0. The molecule has 0 unspecified atom stereocenters. The van der Waals surface area contributed by atoms with E-state index in [1.54, 1.807) is 36.7 Å². The summed E-state index contributed by atoms with van der Waals surface area (Å²) in [5.74, 6) is 2.57. The number of rotatable bonds is 5. The number of benzene rings is 3. The normalized spacial score (nSPS) is 11.5. The summed E-state index contributed by atoms with van der Waals surface area (Å²) in [5, 5.41) is 1.84. The molecule has 3 aromatic heterocycles. The number of fused-ring (bicyclic) bond motifs is 3. The number of hydrogen-bond acceptors (Lipinski definition) is 4. The Morgan fingerprint density at radius 1 is 0.865 bits per heavy atom. The van der Waals surface area contributed by atoms with Gasteiger partial charge in [-0.25, -0.2) is 13.4 Å². The molecule has 3 heterocycles. The van der Waals surface area contributed by atoms with E-state index in [4.69, 9.17) is 11.4 Å². The van der Waals surface area contributed by atoms with E-state index in [9.17, 15) is 8.42 Å². The lowest BCUT2D eigenvalue weighted by atomic mass is 9.92. The third-order valence-corrected chi connectivity index (χ3v) is 8.18. The van der Waals surface area contributed by atoms with Gasteiger partial charge in [-0.3, -0.25) is 4.98 Å². The molecule has 6 rings (SSSR count). The fourth-order valence-electron chi connectivity index (χ4n) is 4.71. The second-order valence-electron chi connectivity index (χ2n) is 8.81. The summed E-state index contributed by atoms with van der Waals surface area (Å²) in [5.41, 5.74) is 7.05. The summed E-state index contributed by atoms with van der Waals surface area (Å²) in [7, 11) is -3.49. The van der Waals surface area contributed by atoms with Crippen molar-refractivity contribution in [3.05, 3.63) is 115 Å². The average molecular weight is 500 g/mol. The number of sulfone groups is 1. The van der Waals surface area contributed by atoms with Gasteiger partial charge < -0.3 is 4.98 Å². The van der Waals surface area contributed by atoms with Crippen LogP contribution in [0.15, 0.2) is 108 Å². The van der Waals surface area contributed by atoms with Gasteiger partial charge in [-0.05, 0) is 65.2 Å². The van der Waals surface area contributed by atoms with Gasteiger partial charge in [-0.15, -0.1) is 6.42 Å². The molecule has 0 radical (unpaired) electrons. The Hall–Kier alpha value is -4.73. The number of terminal acetylenes is 1. The van der Waals surface area contributed by atoms with Crippen LogP contribution in [-0.2, 0) is 15.6 Å². The van der Waals surface area contributed by atoms with Crippen LogP contribution in [0.25, 0.3) is 44.2 Å². The third-order valence-electron chi connectivity index (χ3n) is 6.48. The first kappa shape index (κ1) is 22.7. The molecule has 0 aliphatic carbocycles. The van der Waals surface area contributed by atoms with Gasteiger partial charge in [0.25, 0.3) is 0 Å². The first-order valence-corrected chi connectivity index (χ1v) is 13.4. The van der Waals surface area contributed by atoms with Crippen LogP contribution in [0.4, 0.5) is 0 Å². The van der Waals surface area contributed by atoms with Crippen molar-refractivity contribution >= 4 is 31.8 Å². The fraction of sp³-hybridized carbons (Fsp3) is 0.0323. The topological polar surface area (TPSA) is 75.7 Å². The highest BCUT2D eigenvalue weighted by molar-refractivity contribution is 7.90. The zero-order valence-corrected chi connectivity index (χ0v) is 20.5. The smallest absolute Gasteiger partial charge is 0.182 e. The Bertz CT molecular complexity index is 1900. The van der Waals surface area contributed by atoms with E-state index in [1.165, 1.54) is 0 Å². The Morgan fingerprint density at radius 3 is 2.35 bits per heavy atom. The molecule has 0 aliphatic heterocycles. The third kappa shape index (κ3) is 4.16. The number of H-pyrrole nitrogens is 1. The second kappa shape index (κ2) is 9.05. The second-order valence-corrected chi connectivity index (χ2v) is 10.8. The van der Waals surface area contributed by atoms with E-state index in [2.05, 4.69) is 15.9 Å². The molecule has 37 heavy (non-hydrogen) atoms. The molecular weight excluding hydrogens is 478 g/mol. The maximum atomic E-state index is 13.1. The Labute approximate surface area is 214 Å². The number of nitrogens with zero attached hydrogens (tertiary/aromatic N) is 2. The molecule has 6 heteroatoms. The Morgan fingerprint density at radius 2 is 1.62 bits per heavy atom. The predicted molar refractivity (Wildman–Crippen MR) is 148 cm³/mol. The minimum atomic E-state index is -3.49. The molecule has 0 bridgehead atoms. The van der Waals surface area contributed by atoms with Gasteiger partial charge in [0.15, 0.2) is 9.84 Å². The summed E-state index contributed by atoms with van der Waals surface area (Å²) in [6, 6.07) is 26.0. The molecule has 1 N–H and O–H groups in total. The minimum absolute atomic E-state index is 0.0924. The number of aromatic nitrogens is 3. The lowest BCUT2D eigenvalue weighted by Crippen LogP contribution is -2.04. The maximum absolute atomic E-state index is 13.1. The molecule has 0 atom stereocenters. The molecule has 3 aromatic carbocycles. The van der Waals surface area contributed by atoms with Crippen LogP contribution in [0.3, 0.4) is 0 Å². The number of nitrogens with one attached hydrogen (secondary N) is 1. The summed E-state index contributed by atoms with van der Waals surface area (Å²) in [6.45, 7) is 0. The quantitative estimate of drug-likeness (QED) is 0.279. The van der Waals surface area contributed by atoms with Crippen LogP contribution in [0.5, 0.6) is 0 Å². The van der Waals surface area contributed by atoms with Crippen molar-refractivity contribution in [3.63, 3.8) is 0 Å². The monoisotopic (exact) mass is 499 g/mol. The van der Waals surface area contributed by atoms with Crippen molar-refractivity contribution in [2.75, 3.05) is 0 Å². The van der Waals surface area contributed by atoms with Crippen molar-refractivity contribution in [3.8, 4) is 34.6 Å². The van der Waals surface area contributed by atoms with Gasteiger partial charge in [0.1, 0.15) is 5.65 Å². The van der Waals surface area contributed by atoms with Gasteiger partial charge >= 0.3 is 0 Å². The van der Waals surface area contributed by atoms with Gasteiger partial charge in [0.05, 0.1) is 10.6 Å². The minimum Gasteiger partial charge on any atom is -0.339 e. The molecule has 0 amide bonds. The number of hydrogen-bond donors (Lipinski definition) is 1. The summed E-state index contributed by atoms with van der Waals surface area (Å²) in [4.78, 5) is 12.7. The van der Waals surface area contributed by atoms with Crippen molar-refractivity contribution in [2.45, 2.75) is 10.6 Å². The standard InChI is InChI=1S/C31H21N3O2S/c1-2-21-8-11-23(12-9-21)27-19-33-31-30(29(27)24-14-16-32-17-15-24)26-18-22(10-13-28(26)34-31)20-37(35,36)25-6-4-3-5-7-25/h1,3-19H,20H2,(H,33,34). The highest BCUT2D eigenvalue weighted by Crippen LogP contribution is 2.40. The van der Waals surface area contributed by atoms with Crippen LogP contribution in [-0.4, -0.2) is 23.4 Å². The highest BCUT2D eigenvalue weighted by Gasteiger charge is 2.19. The molecule has 0 aliphatic rings. The van der Waals surface area contributed by atoms with E-state index in [0.29, 0.717) is 10.5 Å². The van der Waals surface area contributed by atoms with E-state index in [1.807, 2.05) is 66.9 Å². The first-order valence-electron chi connectivity index (χ1n) is 11.7. The molecular formula is C31H21N3O2S. The lowest BCUT2D eigenvalue weighted by Gasteiger charge is -2.12. The van der Waals surface area contributed by atoms with Crippen LogP contribution in [0.2, 0.25) is 0 Å². The SMILES string of the molecule is C#Cc1ccc(-c2cnc3[nH]c4ccc(CS(=O)(=O)c5ccccc5)cc4c3c2-c2ccncc2)cc1. The molecule has 0 spiro atoms. The van der Waals surface area contributed by atoms with Crippen molar-refractivity contribution in [1.82, 2.24) is 15.0 Å². The van der Waals surface area contributed by atoms with Crippen LogP contribution in [0, 0.1) is 12.3 Å². The lowest BCUT2D eigenvalue weighted by molar-refractivity contribution is 0.595. The van der Waals surface area contributed by atoms with E-state index >= 15 is 0 Å². The van der Waals surface area contributed by atoms with E-state index in [-0.39, 0.29) is 5.75 Å². The van der Waals surface area contributed by atoms with Gasteiger partial charge in [0.2, 0.25) is 0 Å². The largest absolute Gasteiger partial charge is 0.339 e. The van der Waals surface area contributed by atoms with Crippen molar-refractivity contribution < 1.29 is 8.42 Å². The van der Waals surface area contributed by atoms with Crippen LogP contribution >= 0.6 is 0 Å². The number of pyridine rings is 2. The molecule has 178 valence electrons. The Balaban J connectivity index is 1.58. The molecule has 6 aromatic rings. The van der Waals surface area contributed by atoms with Gasteiger partial charge in [0, 0.05) is 51.6 Å². The summed E-state index contributed by atoms with van der Waals surface area (Å²) < 4.78 is 26.2. The highest BCUT2D eigenvalue weighted by atomic mass is 32.2. The molecule has 0 fully saturated rings. The average Bonchev–Trinajstić information content (AvgIpc) is 3.31. The zero-order chi connectivity index (χ0) is 25.4. The Kier molecular flexibility index (Phi) is 5.56. The van der Waals surface area contributed by atoms with E-state index < -0.39 is 9.84 Å². The molecule has 0 saturated carbocycles. The van der Waals surface area contributed by atoms with Crippen molar-refractivity contribution in [1.29, 1.82) is 0 Å². The van der Waals surface area contributed by atoms with Crippen LogP contribution < -0.4 is 0 Å². The first-order chi connectivity index (χ1) is 18.0. The molecule has 0 saturated heterocycles. The molecule has 5 nitrogen and oxygen atoms in total. The van der Waals surface area contributed by atoms with Gasteiger partial charge in [-0.2, -0.15) is 0 Å². The zero-order valence-electron chi connectivity index (χ0n) is 19.7. The maximum Gasteiger partial charge on any atom is 0.182 e. The van der Waals surface area contributed by atoms with Crippen molar-refractivity contribution in [2.24, 2.45) is 0 Å². The van der Waals surface area contributed by atoms with E-state index in [0.717, 1.165) is 49.8 Å². The van der Waals surface area contributed by atoms with Crippen LogP contribution in [0.1, 0.15) is 11.1 Å². The van der Waals surface area contributed by atoms with Gasteiger partial charge in [-0.1, -0.05) is 42.3 Å². The number of aromatic amines is 1. The fourth-order valence-corrected chi connectivity index (χ4v) is 6.06. The predicted octanol–water partition coefficient (Wildman–Crippen LogP) is 6.40.